The number of carboxylic acids is 2. The third kappa shape index (κ3) is 6.34. The van der Waals surface area contributed by atoms with Crippen LogP contribution >= 0.6 is 23.1 Å². The zero-order valence-corrected chi connectivity index (χ0v) is 20.5. The van der Waals surface area contributed by atoms with Crippen LogP contribution in [0.25, 0.3) is 0 Å². The van der Waals surface area contributed by atoms with Gasteiger partial charge in [-0.05, 0) is 0 Å². The monoisotopic (exact) mass is 559 g/mol. The van der Waals surface area contributed by atoms with Gasteiger partial charge >= 0.3 is 24.0 Å². The van der Waals surface area contributed by atoms with E-state index in [2.05, 4.69) is 20.4 Å². The molecule has 0 bridgehead atoms. The van der Waals surface area contributed by atoms with Crippen LogP contribution in [-0.4, -0.2) is 97.4 Å². The Morgan fingerprint density at radius 3 is 2.59 bits per heavy atom. The maximum atomic E-state index is 12.7. The van der Waals surface area contributed by atoms with Crippen molar-refractivity contribution in [3.05, 3.63) is 22.3 Å². The smallest absolute Gasteiger partial charge is 0.413 e. The van der Waals surface area contributed by atoms with Crippen LogP contribution in [0, 0.1) is 0 Å². The van der Waals surface area contributed by atoms with Gasteiger partial charge in [-0.1, -0.05) is 0 Å². The summed E-state index contributed by atoms with van der Waals surface area (Å²) >= 11 is 1.98. The predicted molar refractivity (Wildman–Crippen MR) is 124 cm³/mol. The van der Waals surface area contributed by atoms with E-state index in [1.807, 2.05) is 0 Å². The van der Waals surface area contributed by atoms with Gasteiger partial charge in [-0.25, -0.2) is 14.6 Å². The molecule has 0 radical (unpaired) electrons. The van der Waals surface area contributed by atoms with Gasteiger partial charge in [-0.3, -0.25) is 29.4 Å². The highest BCUT2D eigenvalue weighted by atomic mass is 32.2. The number of carbonyl (C=O) groups excluding carboxylic acids is 4. The summed E-state index contributed by atoms with van der Waals surface area (Å²) < 4.78 is 9.49. The Morgan fingerprint density at radius 2 is 1.97 bits per heavy atom. The molecule has 200 valence electrons. The first-order valence-corrected chi connectivity index (χ1v) is 12.2. The van der Waals surface area contributed by atoms with Gasteiger partial charge in [0.1, 0.15) is 36.4 Å². The number of hydrogen-bond acceptors (Lipinski definition) is 13. The number of fused-ring (bicyclic) bond motifs is 1. The lowest BCUT2D eigenvalue weighted by molar-refractivity contribution is -0.152. The fourth-order valence-electron chi connectivity index (χ4n) is 3.18. The van der Waals surface area contributed by atoms with E-state index in [1.165, 1.54) is 5.38 Å². The number of thiazole rings is 1. The summed E-state index contributed by atoms with van der Waals surface area (Å²) in [4.78, 5) is 75.2. The van der Waals surface area contributed by atoms with Crippen molar-refractivity contribution in [3.63, 3.8) is 0 Å². The quantitative estimate of drug-likeness (QED) is 0.140. The van der Waals surface area contributed by atoms with Crippen LogP contribution < -0.4 is 16.4 Å². The van der Waals surface area contributed by atoms with Crippen molar-refractivity contribution in [2.45, 2.75) is 30.5 Å². The maximum Gasteiger partial charge on any atom is 0.413 e. The van der Waals surface area contributed by atoms with Crippen LogP contribution in [0.1, 0.15) is 18.7 Å². The van der Waals surface area contributed by atoms with Gasteiger partial charge < -0.3 is 35.8 Å². The van der Waals surface area contributed by atoms with Gasteiger partial charge in [0.05, 0.1) is 5.69 Å². The fourth-order valence-corrected chi connectivity index (χ4v) is 5.22. The first-order chi connectivity index (χ1) is 17.4. The Balaban J connectivity index is 1.58. The van der Waals surface area contributed by atoms with Crippen molar-refractivity contribution in [1.29, 1.82) is 0 Å². The first-order valence-electron chi connectivity index (χ1n) is 10.3. The average molecular weight is 560 g/mol. The van der Waals surface area contributed by atoms with E-state index in [0.29, 0.717) is 0 Å². The lowest BCUT2D eigenvalue weighted by atomic mass is 10.0. The number of ether oxygens (including phenoxy) is 2. The number of esters is 1. The molecule has 0 aliphatic carbocycles. The van der Waals surface area contributed by atoms with E-state index in [-0.39, 0.29) is 34.5 Å². The number of rotatable bonds is 10. The molecular formula is C19H21N5O11S2. The SMILES string of the molecule is CC(=O)OCC1=C(C(=O)O)N2C(=O)[C@@H](NC(=O)C(O)c3csc(NC(=O)OC[C@@H](N)C(=O)O)n3)[C@@H]2SC1. The number of carbonyl (C=O) groups is 6. The van der Waals surface area contributed by atoms with E-state index in [9.17, 15) is 39.0 Å². The Bertz CT molecular complexity index is 1170. The number of amides is 3. The summed E-state index contributed by atoms with van der Waals surface area (Å²) in [7, 11) is 0. The van der Waals surface area contributed by atoms with Gasteiger partial charge in [-0.2, -0.15) is 0 Å². The number of thioether (sulfide) groups is 1. The van der Waals surface area contributed by atoms with E-state index in [4.69, 9.17) is 15.6 Å². The van der Waals surface area contributed by atoms with E-state index < -0.39 is 66.0 Å². The zero-order valence-electron chi connectivity index (χ0n) is 18.9. The molecular weight excluding hydrogens is 538 g/mol. The molecule has 1 unspecified atom stereocenters. The zero-order chi connectivity index (χ0) is 27.4. The van der Waals surface area contributed by atoms with E-state index >= 15 is 0 Å². The molecule has 16 nitrogen and oxygen atoms in total. The second-order valence-corrected chi connectivity index (χ2v) is 9.54. The van der Waals surface area contributed by atoms with Gasteiger partial charge in [0.25, 0.3) is 11.8 Å². The van der Waals surface area contributed by atoms with Crippen LogP contribution in [0.4, 0.5) is 9.93 Å². The molecule has 3 heterocycles. The summed E-state index contributed by atoms with van der Waals surface area (Å²) in [5.74, 6) is -4.95. The molecule has 1 saturated heterocycles. The number of aromatic nitrogens is 1. The van der Waals surface area contributed by atoms with Crippen molar-refractivity contribution < 1.29 is 53.6 Å². The van der Waals surface area contributed by atoms with Gasteiger partial charge in [0.15, 0.2) is 11.2 Å². The molecule has 1 aromatic heterocycles. The number of aliphatic hydroxyl groups is 1. The highest BCUT2D eigenvalue weighted by molar-refractivity contribution is 8.00. The van der Waals surface area contributed by atoms with Gasteiger partial charge in [0.2, 0.25) is 0 Å². The minimum absolute atomic E-state index is 0.0685. The summed E-state index contributed by atoms with van der Waals surface area (Å²) in [5.41, 5.74) is 4.97. The number of nitrogens with two attached hydrogens (primary N) is 1. The molecule has 1 aromatic rings. The summed E-state index contributed by atoms with van der Waals surface area (Å²) in [6.45, 7) is 0.271. The lowest BCUT2D eigenvalue weighted by Crippen LogP contribution is -2.71. The van der Waals surface area contributed by atoms with Crippen LogP contribution in [0.15, 0.2) is 16.7 Å². The minimum Gasteiger partial charge on any atom is -0.480 e. The van der Waals surface area contributed by atoms with Crippen LogP contribution in [0.5, 0.6) is 0 Å². The second kappa shape index (κ2) is 11.5. The van der Waals surface area contributed by atoms with Crippen molar-refractivity contribution in [1.82, 2.24) is 15.2 Å². The highest BCUT2D eigenvalue weighted by Gasteiger charge is 2.54. The van der Waals surface area contributed by atoms with Crippen molar-refractivity contribution >= 4 is 64.0 Å². The number of β-lactam (4-membered cyclic amide) rings is 1. The minimum atomic E-state index is -1.83. The normalized spacial score (nSPS) is 20.2. The number of nitrogens with one attached hydrogen (secondary N) is 2. The Morgan fingerprint density at radius 1 is 1.27 bits per heavy atom. The Kier molecular flexibility index (Phi) is 8.69. The van der Waals surface area contributed by atoms with E-state index in [0.717, 1.165) is 34.9 Å². The molecule has 2 aliphatic heterocycles. The molecule has 4 atom stereocenters. The van der Waals surface area contributed by atoms with Crippen LogP contribution in [0.3, 0.4) is 0 Å². The second-order valence-electron chi connectivity index (χ2n) is 7.58. The highest BCUT2D eigenvalue weighted by Crippen LogP contribution is 2.40. The van der Waals surface area contributed by atoms with Gasteiger partial charge in [-0.15, -0.1) is 23.1 Å². The Hall–Kier alpha value is -3.74. The number of aliphatic carboxylic acids is 2. The molecule has 0 aromatic carbocycles. The van der Waals surface area contributed by atoms with Crippen molar-refractivity contribution in [2.24, 2.45) is 5.73 Å². The summed E-state index contributed by atoms with van der Waals surface area (Å²) in [5, 5.41) is 33.6. The lowest BCUT2D eigenvalue weighted by Gasteiger charge is -2.49. The molecule has 18 heteroatoms. The number of aliphatic hydroxyl groups excluding tert-OH is 1. The third-order valence-corrected chi connectivity index (χ3v) is 7.08. The first kappa shape index (κ1) is 27.8. The molecule has 2 aliphatic rings. The number of nitrogens with zero attached hydrogens (tertiary/aromatic N) is 2. The van der Waals surface area contributed by atoms with Crippen LogP contribution in [-0.2, 0) is 33.4 Å². The predicted octanol–water partition coefficient (Wildman–Crippen LogP) is -1.56. The molecule has 0 saturated carbocycles. The molecule has 0 spiro atoms. The Labute approximate surface area is 215 Å². The molecule has 37 heavy (non-hydrogen) atoms. The fraction of sp³-hybridized carbons (Fsp3) is 0.421. The topological polar surface area (TPSA) is 248 Å². The molecule has 3 rings (SSSR count). The van der Waals surface area contributed by atoms with Crippen LogP contribution in [0.2, 0.25) is 0 Å². The summed E-state index contributed by atoms with van der Waals surface area (Å²) in [6.07, 6.45) is -2.88. The maximum absolute atomic E-state index is 12.7. The number of hydrogen-bond donors (Lipinski definition) is 6. The van der Waals surface area contributed by atoms with Crippen molar-refractivity contribution in [3.8, 4) is 0 Å². The van der Waals surface area contributed by atoms with Crippen molar-refractivity contribution in [2.75, 3.05) is 24.3 Å². The van der Waals surface area contributed by atoms with E-state index in [1.54, 1.807) is 0 Å². The number of carboxylic acid groups (broad SMARTS) is 2. The summed E-state index contributed by atoms with van der Waals surface area (Å²) in [6, 6.07) is -2.54. The average Bonchev–Trinajstić information content (AvgIpc) is 3.30. The third-order valence-electron chi connectivity index (χ3n) is 4.97. The van der Waals surface area contributed by atoms with Gasteiger partial charge in [0, 0.05) is 23.6 Å². The number of anilines is 1. The standard InChI is InChI=1S/C19H21N5O11S2/c1-6(25)34-2-7-4-36-15-10(14(28)24(15)11(7)17(31)32)22-13(27)12(26)9-5-37-18(21-9)23-19(33)35-3-8(20)16(29)30/h5,8,10,12,15,26H,2-4,20H2,1H3,(H,22,27)(H,29,30)(H,31,32)(H,21,23,33)/t8-,10-,12?,15+/m1/s1. The molecule has 3 amide bonds. The molecule has 7 N–H and O–H groups in total. The molecule has 1 fully saturated rings. The largest absolute Gasteiger partial charge is 0.480 e.